The SMILES string of the molecule is CC(=O)C[C@@H]1C(=O)N(C(=O)C(=O)OCC(Cl)(Cl)Cl)[C@@H]1SC(=O)COc1ccccc1C. The number of halogens is 3. The van der Waals surface area contributed by atoms with Crippen LogP contribution in [0.1, 0.15) is 18.9 Å². The summed E-state index contributed by atoms with van der Waals surface area (Å²) in [5.41, 5.74) is 0.821. The Labute approximate surface area is 197 Å². The van der Waals surface area contributed by atoms with Crippen LogP contribution in [0.2, 0.25) is 0 Å². The van der Waals surface area contributed by atoms with E-state index >= 15 is 0 Å². The Bertz CT molecular complexity index is 903. The van der Waals surface area contributed by atoms with Gasteiger partial charge in [0.2, 0.25) is 14.8 Å². The maximum atomic E-state index is 12.4. The lowest BCUT2D eigenvalue weighted by molar-refractivity contribution is -0.172. The van der Waals surface area contributed by atoms with E-state index in [4.69, 9.17) is 39.5 Å². The van der Waals surface area contributed by atoms with E-state index in [1.807, 2.05) is 19.1 Å². The Kier molecular flexibility index (Phi) is 8.76. The number of hydrogen-bond donors (Lipinski definition) is 0. The van der Waals surface area contributed by atoms with Crippen LogP contribution in [0.3, 0.4) is 0 Å². The number of carbonyl (C=O) groups excluding carboxylic acids is 5. The molecule has 0 aliphatic carbocycles. The average Bonchev–Trinajstić information content (AvgIpc) is 2.68. The Morgan fingerprint density at radius 1 is 1.16 bits per heavy atom. The maximum Gasteiger partial charge on any atom is 0.397 e. The predicted octanol–water partition coefficient (Wildman–Crippen LogP) is 2.84. The standard InChI is InChI=1S/C19H18Cl3NO7S/c1-10-5-3-4-6-13(10)29-8-14(25)31-17-12(7-11(2)24)15(26)23(17)16(27)18(28)30-9-19(20,21)22/h3-6,12,17H,7-9H2,1-2H3/t12-,17-/m1/s1. The third-order valence-corrected chi connectivity index (χ3v) is 5.60. The van der Waals surface area contributed by atoms with Crippen LogP contribution in [-0.4, -0.2) is 56.0 Å². The Hall–Kier alpha value is -1.81. The number of aryl methyl sites for hydroxylation is 1. The van der Waals surface area contributed by atoms with Gasteiger partial charge in [0, 0.05) is 6.42 Å². The van der Waals surface area contributed by atoms with Crippen LogP contribution in [0.25, 0.3) is 0 Å². The van der Waals surface area contributed by atoms with Crippen molar-refractivity contribution in [2.24, 2.45) is 5.92 Å². The quantitative estimate of drug-likeness (QED) is 0.239. The van der Waals surface area contributed by atoms with Gasteiger partial charge in [-0.1, -0.05) is 64.8 Å². The number of para-hydroxylation sites is 1. The number of benzene rings is 1. The van der Waals surface area contributed by atoms with Crippen molar-refractivity contribution in [1.82, 2.24) is 4.90 Å². The van der Waals surface area contributed by atoms with Crippen LogP contribution in [0.4, 0.5) is 0 Å². The highest BCUT2D eigenvalue weighted by molar-refractivity contribution is 8.14. The van der Waals surface area contributed by atoms with Gasteiger partial charge in [0.1, 0.15) is 23.5 Å². The number of likely N-dealkylation sites (tertiary alicyclic amines) is 1. The van der Waals surface area contributed by atoms with Crippen molar-refractivity contribution in [2.45, 2.75) is 29.4 Å². The molecule has 0 bridgehead atoms. The molecule has 1 saturated heterocycles. The van der Waals surface area contributed by atoms with E-state index in [1.54, 1.807) is 12.1 Å². The fourth-order valence-corrected chi connectivity index (χ4v) is 3.95. The molecule has 12 heteroatoms. The topological polar surface area (TPSA) is 107 Å². The Balaban J connectivity index is 2.05. The van der Waals surface area contributed by atoms with Gasteiger partial charge in [-0.25, -0.2) is 4.79 Å². The van der Waals surface area contributed by atoms with Gasteiger partial charge in [-0.05, 0) is 25.5 Å². The van der Waals surface area contributed by atoms with Gasteiger partial charge in [0.25, 0.3) is 0 Å². The Morgan fingerprint density at radius 2 is 1.81 bits per heavy atom. The lowest BCUT2D eigenvalue weighted by Gasteiger charge is -2.43. The number of Topliss-reactive ketones (excluding diaryl/α,β-unsaturated/α-hetero) is 1. The molecule has 1 aliphatic heterocycles. The summed E-state index contributed by atoms with van der Waals surface area (Å²) in [7, 11) is 0. The molecule has 2 rings (SSSR count). The number of rotatable bonds is 7. The van der Waals surface area contributed by atoms with E-state index in [2.05, 4.69) is 4.74 Å². The molecule has 31 heavy (non-hydrogen) atoms. The summed E-state index contributed by atoms with van der Waals surface area (Å²) >= 11 is 17.0. The number of carbonyl (C=O) groups is 5. The van der Waals surface area contributed by atoms with Gasteiger partial charge < -0.3 is 14.3 Å². The number of nitrogens with zero attached hydrogens (tertiary/aromatic N) is 1. The van der Waals surface area contributed by atoms with Gasteiger partial charge in [-0.3, -0.25) is 19.3 Å². The summed E-state index contributed by atoms with van der Waals surface area (Å²) < 4.78 is 8.13. The Morgan fingerprint density at radius 3 is 2.39 bits per heavy atom. The molecule has 0 radical (unpaired) electrons. The molecular formula is C19H18Cl3NO7S. The highest BCUT2D eigenvalue weighted by atomic mass is 35.6. The summed E-state index contributed by atoms with van der Waals surface area (Å²) in [6, 6.07) is 7.06. The highest BCUT2D eigenvalue weighted by Gasteiger charge is 2.54. The molecule has 1 heterocycles. The monoisotopic (exact) mass is 509 g/mol. The summed E-state index contributed by atoms with van der Waals surface area (Å²) in [6.45, 7) is 2.04. The number of imide groups is 1. The van der Waals surface area contributed by atoms with Crippen LogP contribution >= 0.6 is 46.6 Å². The van der Waals surface area contributed by atoms with Crippen LogP contribution in [0, 0.1) is 12.8 Å². The molecule has 1 aromatic carbocycles. The number of hydrogen-bond acceptors (Lipinski definition) is 8. The van der Waals surface area contributed by atoms with Gasteiger partial charge in [0.05, 0.1) is 5.92 Å². The smallest absolute Gasteiger partial charge is 0.397 e. The van der Waals surface area contributed by atoms with Crippen molar-refractivity contribution in [2.75, 3.05) is 13.2 Å². The number of alkyl halides is 3. The summed E-state index contributed by atoms with van der Waals surface area (Å²) in [6.07, 6.45) is -0.185. The zero-order chi connectivity index (χ0) is 23.3. The number of β-lactam (4-membered cyclic amide) rings is 1. The molecule has 2 amide bonds. The predicted molar refractivity (Wildman–Crippen MR) is 115 cm³/mol. The molecule has 1 fully saturated rings. The highest BCUT2D eigenvalue weighted by Crippen LogP contribution is 2.38. The number of ketones is 1. The molecule has 8 nitrogen and oxygen atoms in total. The summed E-state index contributed by atoms with van der Waals surface area (Å²) in [5, 5.41) is -1.56. The number of esters is 1. The zero-order valence-corrected chi connectivity index (χ0v) is 19.5. The molecule has 0 unspecified atom stereocenters. The molecule has 0 aromatic heterocycles. The molecule has 0 spiro atoms. The van der Waals surface area contributed by atoms with Crippen molar-refractivity contribution < 1.29 is 33.4 Å². The minimum Gasteiger partial charge on any atom is -0.485 e. The lowest BCUT2D eigenvalue weighted by atomic mass is 9.92. The van der Waals surface area contributed by atoms with Crippen molar-refractivity contribution in [3.8, 4) is 5.75 Å². The van der Waals surface area contributed by atoms with Gasteiger partial charge in [0.15, 0.2) is 6.61 Å². The molecule has 1 aliphatic rings. The lowest BCUT2D eigenvalue weighted by Crippen LogP contribution is -2.64. The van der Waals surface area contributed by atoms with E-state index in [9.17, 15) is 24.0 Å². The first kappa shape index (κ1) is 25.5. The van der Waals surface area contributed by atoms with Gasteiger partial charge in [-0.15, -0.1) is 0 Å². The second-order valence-corrected chi connectivity index (χ2v) is 10.3. The van der Waals surface area contributed by atoms with Crippen molar-refractivity contribution in [3.05, 3.63) is 29.8 Å². The summed E-state index contributed by atoms with van der Waals surface area (Å²) in [4.78, 5) is 61.1. The van der Waals surface area contributed by atoms with E-state index in [1.165, 1.54) is 6.92 Å². The normalized spacial score (nSPS) is 18.2. The fraction of sp³-hybridized carbons (Fsp3) is 0.421. The van der Waals surface area contributed by atoms with Crippen LogP contribution in [0.5, 0.6) is 5.75 Å². The molecule has 2 atom stereocenters. The van der Waals surface area contributed by atoms with E-state index in [0.29, 0.717) is 22.4 Å². The van der Waals surface area contributed by atoms with Crippen molar-refractivity contribution in [1.29, 1.82) is 0 Å². The second-order valence-electron chi connectivity index (χ2n) is 6.65. The zero-order valence-electron chi connectivity index (χ0n) is 16.4. The molecule has 0 N–H and O–H groups in total. The largest absolute Gasteiger partial charge is 0.485 e. The minimum absolute atomic E-state index is 0.185. The fourth-order valence-electron chi connectivity index (χ4n) is 2.70. The number of ether oxygens (including phenoxy) is 2. The summed E-state index contributed by atoms with van der Waals surface area (Å²) in [5.74, 6) is -4.24. The second kappa shape index (κ2) is 10.7. The van der Waals surface area contributed by atoms with Crippen LogP contribution in [-0.2, 0) is 28.7 Å². The van der Waals surface area contributed by atoms with E-state index < -0.39 is 44.6 Å². The van der Waals surface area contributed by atoms with Gasteiger partial charge in [-0.2, -0.15) is 0 Å². The van der Waals surface area contributed by atoms with Crippen molar-refractivity contribution in [3.63, 3.8) is 0 Å². The van der Waals surface area contributed by atoms with Crippen molar-refractivity contribution >= 4 is 75.2 Å². The van der Waals surface area contributed by atoms with E-state index in [-0.39, 0.29) is 18.8 Å². The minimum atomic E-state index is -1.94. The number of amides is 2. The molecular weight excluding hydrogens is 493 g/mol. The number of thioether (sulfide) groups is 1. The molecule has 168 valence electrons. The molecule has 0 saturated carbocycles. The maximum absolute atomic E-state index is 12.4. The first-order valence-electron chi connectivity index (χ1n) is 8.89. The average molecular weight is 511 g/mol. The third-order valence-electron chi connectivity index (χ3n) is 4.11. The molecule has 1 aromatic rings. The van der Waals surface area contributed by atoms with Gasteiger partial charge >= 0.3 is 11.9 Å². The van der Waals surface area contributed by atoms with Crippen LogP contribution in [0.15, 0.2) is 24.3 Å². The van der Waals surface area contributed by atoms with E-state index in [0.717, 1.165) is 5.56 Å². The third kappa shape index (κ3) is 7.10. The van der Waals surface area contributed by atoms with Crippen LogP contribution < -0.4 is 4.74 Å². The first-order valence-corrected chi connectivity index (χ1v) is 10.9. The first-order chi connectivity index (χ1) is 14.4.